The van der Waals surface area contributed by atoms with E-state index in [0.29, 0.717) is 25.1 Å². The molecule has 1 aromatic rings. The largest absolute Gasteiger partial charge is 0.465 e. The van der Waals surface area contributed by atoms with Gasteiger partial charge in [-0.15, -0.1) is 0 Å². The fraction of sp³-hybridized carbons (Fsp3) is 0.364. The molecule has 1 rings (SSSR count). The van der Waals surface area contributed by atoms with Crippen LogP contribution in [0.4, 0.5) is 4.79 Å². The first-order valence-electron chi connectivity index (χ1n) is 5.00. The minimum Gasteiger partial charge on any atom is -0.465 e. The van der Waals surface area contributed by atoms with E-state index in [1.807, 2.05) is 6.07 Å². The van der Waals surface area contributed by atoms with Crippen molar-refractivity contribution in [2.75, 3.05) is 13.1 Å². The molecule has 0 aromatic carbocycles. The number of aromatic nitrogens is 1. The van der Waals surface area contributed by atoms with E-state index in [-0.39, 0.29) is 0 Å². The van der Waals surface area contributed by atoms with E-state index in [1.165, 1.54) is 11.1 Å². The van der Waals surface area contributed by atoms with Gasteiger partial charge < -0.3 is 10.0 Å². The van der Waals surface area contributed by atoms with E-state index in [2.05, 4.69) is 4.98 Å². The quantitative estimate of drug-likeness (QED) is 0.832. The highest BCUT2D eigenvalue weighted by Crippen LogP contribution is 2.01. The van der Waals surface area contributed by atoms with E-state index in [9.17, 15) is 4.79 Å². The van der Waals surface area contributed by atoms with E-state index in [1.54, 1.807) is 19.1 Å². The Balaban J connectivity index is 2.54. The van der Waals surface area contributed by atoms with Crippen molar-refractivity contribution in [3.63, 3.8) is 0 Å². The number of likely N-dealkylation sites (N-methyl/N-ethyl adjacent to an activating group) is 1. The van der Waals surface area contributed by atoms with E-state index < -0.39 is 6.09 Å². The summed E-state index contributed by atoms with van der Waals surface area (Å²) >= 11 is 0. The first kappa shape index (κ1) is 12.0. The summed E-state index contributed by atoms with van der Waals surface area (Å²) in [5.74, 6) is 0. The molecule has 0 saturated heterocycles. The topological polar surface area (TPSA) is 77.2 Å². The van der Waals surface area contributed by atoms with E-state index in [4.69, 9.17) is 10.4 Å². The van der Waals surface area contributed by atoms with Crippen LogP contribution in [0.5, 0.6) is 0 Å². The predicted molar refractivity (Wildman–Crippen MR) is 57.9 cm³/mol. The van der Waals surface area contributed by atoms with Crippen LogP contribution in [-0.2, 0) is 6.42 Å². The smallest absolute Gasteiger partial charge is 0.407 e. The molecule has 5 heteroatoms. The summed E-state index contributed by atoms with van der Waals surface area (Å²) in [5, 5.41) is 17.4. The molecule has 5 nitrogen and oxygen atoms in total. The first-order valence-corrected chi connectivity index (χ1v) is 5.00. The lowest BCUT2D eigenvalue weighted by Crippen LogP contribution is -2.31. The maximum atomic E-state index is 10.7. The van der Waals surface area contributed by atoms with E-state index >= 15 is 0 Å². The van der Waals surface area contributed by atoms with Gasteiger partial charge >= 0.3 is 6.09 Å². The van der Waals surface area contributed by atoms with Crippen molar-refractivity contribution in [3.05, 3.63) is 29.6 Å². The lowest BCUT2D eigenvalue weighted by molar-refractivity contribution is 0.148. The second-order valence-corrected chi connectivity index (χ2v) is 3.26. The number of hydrogen-bond donors (Lipinski definition) is 1. The monoisotopic (exact) mass is 219 g/mol. The molecule has 0 spiro atoms. The fourth-order valence-electron chi connectivity index (χ4n) is 1.28. The average Bonchev–Trinajstić information content (AvgIpc) is 2.30. The SMILES string of the molecule is CCN(CCc1ccc(C#N)cn1)C(=O)O. The van der Waals surface area contributed by atoms with Gasteiger partial charge in [-0.3, -0.25) is 4.98 Å². The van der Waals surface area contributed by atoms with Crippen LogP contribution in [0.2, 0.25) is 0 Å². The molecule has 0 aliphatic carbocycles. The molecule has 0 radical (unpaired) electrons. The summed E-state index contributed by atoms with van der Waals surface area (Å²) in [6.07, 6.45) is 1.13. The zero-order valence-electron chi connectivity index (χ0n) is 9.05. The van der Waals surface area contributed by atoms with Gasteiger partial charge in [-0.05, 0) is 19.1 Å². The Hall–Kier alpha value is -2.09. The molecule has 0 saturated carbocycles. The molecule has 1 amide bonds. The number of carbonyl (C=O) groups is 1. The highest BCUT2D eigenvalue weighted by Gasteiger charge is 2.08. The first-order chi connectivity index (χ1) is 7.67. The van der Waals surface area contributed by atoms with Crippen molar-refractivity contribution in [3.8, 4) is 6.07 Å². The standard InChI is InChI=1S/C11H13N3O2/c1-2-14(11(15)16)6-5-10-4-3-9(7-12)8-13-10/h3-4,8H,2,5-6H2,1H3,(H,15,16). The Labute approximate surface area is 93.9 Å². The lowest BCUT2D eigenvalue weighted by atomic mass is 10.2. The Kier molecular flexibility index (Phi) is 4.28. The summed E-state index contributed by atoms with van der Waals surface area (Å²) in [6.45, 7) is 2.68. The number of rotatable bonds is 4. The molecular formula is C11H13N3O2. The van der Waals surface area contributed by atoms with Gasteiger partial charge in [-0.1, -0.05) is 0 Å². The Morgan fingerprint density at radius 1 is 1.62 bits per heavy atom. The lowest BCUT2D eigenvalue weighted by Gasteiger charge is -2.16. The van der Waals surface area contributed by atoms with Crippen LogP contribution >= 0.6 is 0 Å². The maximum absolute atomic E-state index is 10.7. The highest BCUT2D eigenvalue weighted by molar-refractivity contribution is 5.64. The van der Waals surface area contributed by atoms with Gasteiger partial charge in [0.1, 0.15) is 6.07 Å². The summed E-state index contributed by atoms with van der Waals surface area (Å²) in [5.41, 5.74) is 1.30. The van der Waals surface area contributed by atoms with Crippen molar-refractivity contribution in [1.29, 1.82) is 5.26 Å². The third-order valence-electron chi connectivity index (χ3n) is 2.24. The molecule has 1 heterocycles. The van der Waals surface area contributed by atoms with Crippen molar-refractivity contribution in [1.82, 2.24) is 9.88 Å². The molecule has 16 heavy (non-hydrogen) atoms. The summed E-state index contributed by atoms with van der Waals surface area (Å²) in [7, 11) is 0. The molecule has 0 fully saturated rings. The van der Waals surface area contributed by atoms with E-state index in [0.717, 1.165) is 5.69 Å². The summed E-state index contributed by atoms with van der Waals surface area (Å²) in [4.78, 5) is 16.1. The second kappa shape index (κ2) is 5.71. The van der Waals surface area contributed by atoms with Crippen LogP contribution in [-0.4, -0.2) is 34.2 Å². The maximum Gasteiger partial charge on any atom is 0.407 e. The molecule has 0 aliphatic heterocycles. The molecule has 0 bridgehead atoms. The number of pyridine rings is 1. The van der Waals surface area contributed by atoms with Gasteiger partial charge in [-0.2, -0.15) is 5.26 Å². The number of hydrogen-bond acceptors (Lipinski definition) is 3. The molecular weight excluding hydrogens is 206 g/mol. The van der Waals surface area contributed by atoms with Gasteiger partial charge in [0.2, 0.25) is 0 Å². The van der Waals surface area contributed by atoms with Crippen LogP contribution in [0.15, 0.2) is 18.3 Å². The van der Waals surface area contributed by atoms with Gasteiger partial charge in [0, 0.05) is 31.4 Å². The molecule has 0 atom stereocenters. The Morgan fingerprint density at radius 3 is 2.81 bits per heavy atom. The van der Waals surface area contributed by atoms with Crippen LogP contribution in [0.25, 0.3) is 0 Å². The van der Waals surface area contributed by atoms with Gasteiger partial charge in [0.15, 0.2) is 0 Å². The molecule has 1 N–H and O–H groups in total. The number of carboxylic acid groups (broad SMARTS) is 1. The van der Waals surface area contributed by atoms with Gasteiger partial charge in [0.25, 0.3) is 0 Å². The minimum absolute atomic E-state index is 0.421. The zero-order valence-corrected chi connectivity index (χ0v) is 9.05. The average molecular weight is 219 g/mol. The van der Waals surface area contributed by atoms with Crippen molar-refractivity contribution >= 4 is 6.09 Å². The molecule has 1 aromatic heterocycles. The summed E-state index contributed by atoms with van der Waals surface area (Å²) in [6, 6.07) is 5.41. The Morgan fingerprint density at radius 2 is 2.38 bits per heavy atom. The number of nitriles is 1. The van der Waals surface area contributed by atoms with Crippen LogP contribution in [0.1, 0.15) is 18.2 Å². The highest BCUT2D eigenvalue weighted by atomic mass is 16.4. The fourth-order valence-corrected chi connectivity index (χ4v) is 1.28. The number of nitrogens with zero attached hydrogens (tertiary/aromatic N) is 3. The van der Waals surface area contributed by atoms with Crippen molar-refractivity contribution < 1.29 is 9.90 Å². The van der Waals surface area contributed by atoms with Gasteiger partial charge in [0.05, 0.1) is 5.56 Å². The van der Waals surface area contributed by atoms with Crippen molar-refractivity contribution in [2.24, 2.45) is 0 Å². The van der Waals surface area contributed by atoms with Crippen LogP contribution in [0.3, 0.4) is 0 Å². The summed E-state index contributed by atoms with van der Waals surface area (Å²) < 4.78 is 0. The van der Waals surface area contributed by atoms with Crippen LogP contribution in [0, 0.1) is 11.3 Å². The second-order valence-electron chi connectivity index (χ2n) is 3.26. The molecule has 0 unspecified atom stereocenters. The third kappa shape index (κ3) is 3.24. The minimum atomic E-state index is -0.920. The zero-order chi connectivity index (χ0) is 12.0. The molecule has 0 aliphatic rings. The third-order valence-corrected chi connectivity index (χ3v) is 2.24. The predicted octanol–water partition coefficient (Wildman–Crippen LogP) is 1.50. The Bertz CT molecular complexity index is 395. The number of amides is 1. The molecule has 84 valence electrons. The van der Waals surface area contributed by atoms with Crippen LogP contribution < -0.4 is 0 Å². The normalized spacial score (nSPS) is 9.50. The van der Waals surface area contributed by atoms with Gasteiger partial charge in [-0.25, -0.2) is 4.79 Å². The van der Waals surface area contributed by atoms with Crippen molar-refractivity contribution in [2.45, 2.75) is 13.3 Å².